The van der Waals surface area contributed by atoms with Crippen molar-refractivity contribution < 1.29 is 14.3 Å². The molecule has 0 spiro atoms. The van der Waals surface area contributed by atoms with Gasteiger partial charge in [0.1, 0.15) is 0 Å². The summed E-state index contributed by atoms with van der Waals surface area (Å²) in [6.45, 7) is 7.18. The molecule has 1 rings (SSSR count). The molecule has 1 amide bonds. The van der Waals surface area contributed by atoms with Crippen molar-refractivity contribution in [1.82, 2.24) is 5.32 Å². The number of hydrogen-bond donors (Lipinski definition) is 3. The van der Waals surface area contributed by atoms with Gasteiger partial charge in [0.25, 0.3) is 0 Å². The van der Waals surface area contributed by atoms with Crippen LogP contribution in [0.4, 0.5) is 11.4 Å². The molecule has 6 heteroatoms. The van der Waals surface area contributed by atoms with E-state index in [2.05, 4.69) is 16.0 Å². The molecule has 0 heterocycles. The van der Waals surface area contributed by atoms with Crippen LogP contribution in [0.2, 0.25) is 0 Å². The predicted octanol–water partition coefficient (Wildman–Crippen LogP) is 2.09. The van der Waals surface area contributed by atoms with Gasteiger partial charge in [-0.05, 0) is 39.1 Å². The first-order valence-corrected chi connectivity index (χ1v) is 7.53. The van der Waals surface area contributed by atoms with Crippen molar-refractivity contribution in [2.45, 2.75) is 20.8 Å². The Balaban J connectivity index is 2.99. The third-order valence-electron chi connectivity index (χ3n) is 3.11. The van der Waals surface area contributed by atoms with Gasteiger partial charge >= 0.3 is 5.97 Å². The maximum absolute atomic E-state index is 12.2. The van der Waals surface area contributed by atoms with E-state index in [1.165, 1.54) is 0 Å². The molecule has 1 aromatic rings. The fraction of sp³-hybridized carbons (Fsp3) is 0.500. The fourth-order valence-electron chi connectivity index (χ4n) is 1.99. The number of amides is 1. The van der Waals surface area contributed by atoms with Gasteiger partial charge in [-0.1, -0.05) is 6.92 Å². The van der Waals surface area contributed by atoms with E-state index in [0.29, 0.717) is 30.9 Å². The molecule has 1 unspecified atom stereocenters. The highest BCUT2D eigenvalue weighted by Gasteiger charge is 2.16. The minimum absolute atomic E-state index is 0.102. The minimum Gasteiger partial charge on any atom is -0.462 e. The number of benzene rings is 1. The number of ether oxygens (including phenoxy) is 1. The number of carbonyl (C=O) groups is 2. The van der Waals surface area contributed by atoms with Crippen molar-refractivity contribution in [1.29, 1.82) is 0 Å². The summed E-state index contributed by atoms with van der Waals surface area (Å²) in [5, 5.41) is 9.01. The zero-order valence-electron chi connectivity index (χ0n) is 13.7. The Labute approximate surface area is 131 Å². The first kappa shape index (κ1) is 18.0. The highest BCUT2D eigenvalue weighted by atomic mass is 16.5. The zero-order valence-corrected chi connectivity index (χ0v) is 13.7. The summed E-state index contributed by atoms with van der Waals surface area (Å²) in [5.74, 6) is -0.676. The molecular formula is C16H25N3O3. The topological polar surface area (TPSA) is 79.5 Å². The normalized spacial score (nSPS) is 11.6. The first-order valence-electron chi connectivity index (χ1n) is 7.53. The van der Waals surface area contributed by atoms with E-state index in [4.69, 9.17) is 4.74 Å². The molecule has 3 N–H and O–H groups in total. The molecule has 0 radical (unpaired) electrons. The van der Waals surface area contributed by atoms with E-state index in [1.807, 2.05) is 13.8 Å². The largest absolute Gasteiger partial charge is 0.462 e. The first-order chi connectivity index (χ1) is 10.5. The lowest BCUT2D eigenvalue weighted by molar-refractivity contribution is -0.119. The number of esters is 1. The lowest BCUT2D eigenvalue weighted by atomic mass is 10.1. The van der Waals surface area contributed by atoms with Crippen LogP contribution in [0.1, 0.15) is 31.1 Å². The van der Waals surface area contributed by atoms with Gasteiger partial charge < -0.3 is 20.7 Å². The van der Waals surface area contributed by atoms with Crippen LogP contribution in [-0.2, 0) is 9.53 Å². The molecule has 0 saturated heterocycles. The highest BCUT2D eigenvalue weighted by molar-refractivity contribution is 5.98. The minimum atomic E-state index is -0.399. The lowest BCUT2D eigenvalue weighted by Crippen LogP contribution is -2.29. The van der Waals surface area contributed by atoms with Gasteiger partial charge in [0.15, 0.2) is 0 Å². The Kier molecular flexibility index (Phi) is 7.39. The molecule has 0 saturated carbocycles. The van der Waals surface area contributed by atoms with E-state index in [0.717, 1.165) is 5.69 Å². The molecule has 0 aliphatic rings. The molecule has 0 aliphatic heterocycles. The van der Waals surface area contributed by atoms with Crippen molar-refractivity contribution in [2.75, 3.05) is 37.4 Å². The smallest absolute Gasteiger partial charge is 0.338 e. The fourth-order valence-corrected chi connectivity index (χ4v) is 1.99. The zero-order chi connectivity index (χ0) is 16.5. The maximum atomic E-state index is 12.2. The van der Waals surface area contributed by atoms with Crippen LogP contribution in [0.25, 0.3) is 0 Å². The quantitative estimate of drug-likeness (QED) is 0.641. The number of carbonyl (C=O) groups excluding carboxylic acids is 2. The molecule has 22 heavy (non-hydrogen) atoms. The highest BCUT2D eigenvalue weighted by Crippen LogP contribution is 2.24. The molecule has 1 aromatic carbocycles. The summed E-state index contributed by atoms with van der Waals surface area (Å²) >= 11 is 0. The molecule has 122 valence electrons. The van der Waals surface area contributed by atoms with Gasteiger partial charge in [0, 0.05) is 19.0 Å². The summed E-state index contributed by atoms with van der Waals surface area (Å²) in [4.78, 5) is 24.0. The Morgan fingerprint density at radius 1 is 1.23 bits per heavy atom. The summed E-state index contributed by atoms with van der Waals surface area (Å²) < 4.78 is 4.99. The van der Waals surface area contributed by atoms with Crippen LogP contribution in [0, 0.1) is 5.92 Å². The van der Waals surface area contributed by atoms with Crippen LogP contribution in [0.15, 0.2) is 18.2 Å². The second-order valence-corrected chi connectivity index (χ2v) is 4.96. The van der Waals surface area contributed by atoms with Crippen molar-refractivity contribution >= 4 is 23.3 Å². The summed E-state index contributed by atoms with van der Waals surface area (Å²) in [6.07, 6.45) is 0. The van der Waals surface area contributed by atoms with E-state index in [9.17, 15) is 9.59 Å². The number of hydrogen-bond acceptors (Lipinski definition) is 5. The Morgan fingerprint density at radius 2 is 1.95 bits per heavy atom. The van der Waals surface area contributed by atoms with Crippen LogP contribution < -0.4 is 16.0 Å². The van der Waals surface area contributed by atoms with E-state index in [1.54, 1.807) is 32.2 Å². The second kappa shape index (κ2) is 9.04. The second-order valence-electron chi connectivity index (χ2n) is 4.96. The van der Waals surface area contributed by atoms with Crippen molar-refractivity contribution in [3.05, 3.63) is 23.8 Å². The SMILES string of the molecule is CCNc1ccc(C(=O)OCC)cc1NC(=O)C(C)CNC. The molecule has 0 fully saturated rings. The summed E-state index contributed by atoms with van der Waals surface area (Å²) in [5.41, 5.74) is 1.78. The van der Waals surface area contributed by atoms with Gasteiger partial charge in [0.2, 0.25) is 5.91 Å². The van der Waals surface area contributed by atoms with Gasteiger partial charge in [-0.15, -0.1) is 0 Å². The summed E-state index contributed by atoms with van der Waals surface area (Å²) in [7, 11) is 1.80. The average molecular weight is 307 g/mol. The van der Waals surface area contributed by atoms with Gasteiger partial charge in [0.05, 0.1) is 23.5 Å². The van der Waals surface area contributed by atoms with Crippen molar-refractivity contribution in [2.24, 2.45) is 5.92 Å². The Bertz CT molecular complexity index is 517. The van der Waals surface area contributed by atoms with E-state index >= 15 is 0 Å². The molecular weight excluding hydrogens is 282 g/mol. The van der Waals surface area contributed by atoms with Crippen LogP contribution >= 0.6 is 0 Å². The third-order valence-corrected chi connectivity index (χ3v) is 3.11. The van der Waals surface area contributed by atoms with Crippen LogP contribution in [0.3, 0.4) is 0 Å². The molecule has 6 nitrogen and oxygen atoms in total. The number of rotatable bonds is 8. The van der Waals surface area contributed by atoms with Crippen LogP contribution in [-0.4, -0.2) is 38.6 Å². The number of anilines is 2. The molecule has 0 aromatic heterocycles. The summed E-state index contributed by atoms with van der Waals surface area (Å²) in [6, 6.07) is 5.09. The number of nitrogens with one attached hydrogen (secondary N) is 3. The molecule has 0 aliphatic carbocycles. The van der Waals surface area contributed by atoms with Gasteiger partial charge in [-0.2, -0.15) is 0 Å². The molecule has 1 atom stereocenters. The monoisotopic (exact) mass is 307 g/mol. The van der Waals surface area contributed by atoms with Gasteiger partial charge in [-0.3, -0.25) is 4.79 Å². The lowest BCUT2D eigenvalue weighted by Gasteiger charge is -2.16. The standard InChI is InChI=1S/C16H25N3O3/c1-5-18-13-8-7-12(16(21)22-6-2)9-14(13)19-15(20)11(3)10-17-4/h7-9,11,17-18H,5-6,10H2,1-4H3,(H,19,20). The third kappa shape index (κ3) is 5.04. The average Bonchev–Trinajstić information content (AvgIpc) is 2.49. The van der Waals surface area contributed by atoms with Crippen LogP contribution in [0.5, 0.6) is 0 Å². The van der Waals surface area contributed by atoms with Crippen molar-refractivity contribution in [3.63, 3.8) is 0 Å². The van der Waals surface area contributed by atoms with E-state index in [-0.39, 0.29) is 11.8 Å². The maximum Gasteiger partial charge on any atom is 0.338 e. The van der Waals surface area contributed by atoms with Gasteiger partial charge in [-0.25, -0.2) is 4.79 Å². The Morgan fingerprint density at radius 3 is 2.55 bits per heavy atom. The van der Waals surface area contributed by atoms with E-state index < -0.39 is 5.97 Å². The predicted molar refractivity (Wildman–Crippen MR) is 88.3 cm³/mol. The van der Waals surface area contributed by atoms with Crippen molar-refractivity contribution in [3.8, 4) is 0 Å². The molecule has 0 bridgehead atoms. The Hall–Kier alpha value is -2.08.